The topological polar surface area (TPSA) is 26.0 Å². The molecule has 0 heterocycles. The zero-order valence-electron chi connectivity index (χ0n) is 9.79. The van der Waals surface area contributed by atoms with Gasteiger partial charge in [0.05, 0.1) is 0 Å². The number of nitrogens with two attached hydrogens (primary N) is 1. The van der Waals surface area contributed by atoms with Crippen LogP contribution in [0.2, 0.25) is 0 Å². The third-order valence-electron chi connectivity index (χ3n) is 3.62. The third kappa shape index (κ3) is 2.34. The lowest BCUT2D eigenvalue weighted by atomic mass is 9.78. The molecule has 82 valence electrons. The highest BCUT2D eigenvalue weighted by Gasteiger charge is 2.21. The van der Waals surface area contributed by atoms with Gasteiger partial charge in [0.15, 0.2) is 0 Å². The van der Waals surface area contributed by atoms with Crippen molar-refractivity contribution in [1.82, 2.24) is 0 Å². The summed E-state index contributed by atoms with van der Waals surface area (Å²) < 4.78 is 0. The van der Waals surface area contributed by atoms with Crippen molar-refractivity contribution in [2.75, 3.05) is 5.73 Å². The molecule has 0 radical (unpaired) electrons. The molecule has 1 saturated carbocycles. The summed E-state index contributed by atoms with van der Waals surface area (Å²) in [6, 6.07) is 6.44. The highest BCUT2D eigenvalue weighted by Crippen LogP contribution is 2.38. The van der Waals surface area contributed by atoms with E-state index in [9.17, 15) is 0 Å². The van der Waals surface area contributed by atoms with E-state index in [-0.39, 0.29) is 0 Å². The highest BCUT2D eigenvalue weighted by molar-refractivity contribution is 5.50. The monoisotopic (exact) mass is 203 g/mol. The Morgan fingerprint density at radius 2 is 2.07 bits per heavy atom. The van der Waals surface area contributed by atoms with Gasteiger partial charge in [-0.15, -0.1) is 0 Å². The number of hydrogen-bond donors (Lipinski definition) is 1. The molecule has 0 aromatic heterocycles. The van der Waals surface area contributed by atoms with Crippen LogP contribution in [0.5, 0.6) is 0 Å². The molecule has 1 heteroatoms. The van der Waals surface area contributed by atoms with E-state index < -0.39 is 0 Å². The summed E-state index contributed by atoms with van der Waals surface area (Å²) in [6.45, 7) is 4.51. The minimum Gasteiger partial charge on any atom is -0.398 e. The van der Waals surface area contributed by atoms with Gasteiger partial charge in [-0.2, -0.15) is 0 Å². The van der Waals surface area contributed by atoms with E-state index in [1.165, 1.54) is 36.8 Å². The number of rotatable bonds is 1. The van der Waals surface area contributed by atoms with Gasteiger partial charge in [-0.3, -0.25) is 0 Å². The second-order valence-electron chi connectivity index (χ2n) is 5.10. The average Bonchev–Trinajstić information content (AvgIpc) is 2.22. The van der Waals surface area contributed by atoms with Crippen LogP contribution in [0.3, 0.4) is 0 Å². The van der Waals surface area contributed by atoms with Crippen LogP contribution in [0.4, 0.5) is 5.69 Å². The first-order chi connectivity index (χ1) is 7.16. The maximum absolute atomic E-state index is 6.07. The van der Waals surface area contributed by atoms with E-state index in [2.05, 4.69) is 32.0 Å². The van der Waals surface area contributed by atoms with Crippen LogP contribution >= 0.6 is 0 Å². The van der Waals surface area contributed by atoms with Gasteiger partial charge in [0.1, 0.15) is 0 Å². The second-order valence-corrected chi connectivity index (χ2v) is 5.10. The molecule has 1 aliphatic carbocycles. The molecule has 0 aliphatic heterocycles. The molecular formula is C14H21N. The van der Waals surface area contributed by atoms with Crippen LogP contribution in [0.25, 0.3) is 0 Å². The van der Waals surface area contributed by atoms with E-state index >= 15 is 0 Å². The number of nitrogen functional groups attached to an aromatic ring is 1. The Labute approximate surface area is 92.7 Å². The molecule has 0 spiro atoms. The van der Waals surface area contributed by atoms with Gasteiger partial charge in [-0.05, 0) is 43.2 Å². The first-order valence-electron chi connectivity index (χ1n) is 6.03. The van der Waals surface area contributed by atoms with E-state index in [0.29, 0.717) is 5.92 Å². The van der Waals surface area contributed by atoms with Gasteiger partial charge in [-0.25, -0.2) is 0 Å². The minimum atomic E-state index is 0.702. The standard InChI is InChI=1S/C14H21N/c1-10-4-3-5-12(8-10)13-9-11(2)6-7-14(13)15/h6-7,9-10,12H,3-5,8,15H2,1-2H3/t10-,12+/m1/s1. The van der Waals surface area contributed by atoms with Gasteiger partial charge in [0.25, 0.3) is 0 Å². The van der Waals surface area contributed by atoms with Crippen molar-refractivity contribution in [2.45, 2.75) is 45.4 Å². The van der Waals surface area contributed by atoms with E-state index in [1.54, 1.807) is 0 Å². The van der Waals surface area contributed by atoms with Crippen LogP contribution in [-0.4, -0.2) is 0 Å². The summed E-state index contributed by atoms with van der Waals surface area (Å²) in [7, 11) is 0. The largest absolute Gasteiger partial charge is 0.398 e. The maximum Gasteiger partial charge on any atom is 0.0349 e. The zero-order chi connectivity index (χ0) is 10.8. The quantitative estimate of drug-likeness (QED) is 0.689. The summed E-state index contributed by atoms with van der Waals surface area (Å²) >= 11 is 0. The fourth-order valence-corrected chi connectivity index (χ4v) is 2.76. The summed E-state index contributed by atoms with van der Waals surface area (Å²) in [4.78, 5) is 0. The minimum absolute atomic E-state index is 0.702. The molecule has 1 aromatic carbocycles. The van der Waals surface area contributed by atoms with Crippen molar-refractivity contribution >= 4 is 5.69 Å². The molecule has 1 aromatic rings. The molecular weight excluding hydrogens is 182 g/mol. The fraction of sp³-hybridized carbons (Fsp3) is 0.571. The second kappa shape index (κ2) is 4.26. The Kier molecular flexibility index (Phi) is 2.99. The van der Waals surface area contributed by atoms with Crippen molar-refractivity contribution < 1.29 is 0 Å². The molecule has 15 heavy (non-hydrogen) atoms. The van der Waals surface area contributed by atoms with Crippen LogP contribution in [0.15, 0.2) is 18.2 Å². The number of anilines is 1. The Balaban J connectivity index is 2.24. The van der Waals surface area contributed by atoms with Gasteiger partial charge in [0.2, 0.25) is 0 Å². The summed E-state index contributed by atoms with van der Waals surface area (Å²) in [5.41, 5.74) is 9.77. The molecule has 0 saturated heterocycles. The smallest absolute Gasteiger partial charge is 0.0349 e. The van der Waals surface area contributed by atoms with Gasteiger partial charge in [0, 0.05) is 5.69 Å². The summed E-state index contributed by atoms with van der Waals surface area (Å²) in [5, 5.41) is 0. The molecule has 0 amide bonds. The van der Waals surface area contributed by atoms with Crippen LogP contribution < -0.4 is 5.73 Å². The van der Waals surface area contributed by atoms with Crippen LogP contribution in [0.1, 0.15) is 49.7 Å². The van der Waals surface area contributed by atoms with E-state index in [1.807, 2.05) is 0 Å². The molecule has 2 rings (SSSR count). The van der Waals surface area contributed by atoms with Crippen molar-refractivity contribution in [3.63, 3.8) is 0 Å². The molecule has 2 atom stereocenters. The van der Waals surface area contributed by atoms with Crippen molar-refractivity contribution in [1.29, 1.82) is 0 Å². The summed E-state index contributed by atoms with van der Waals surface area (Å²) in [6.07, 6.45) is 5.38. The van der Waals surface area contributed by atoms with Gasteiger partial charge in [-0.1, -0.05) is 37.5 Å². The van der Waals surface area contributed by atoms with Crippen molar-refractivity contribution in [2.24, 2.45) is 5.92 Å². The SMILES string of the molecule is Cc1ccc(N)c([C@H]2CCC[C@@H](C)C2)c1. The average molecular weight is 203 g/mol. The lowest BCUT2D eigenvalue weighted by molar-refractivity contribution is 0.344. The number of benzene rings is 1. The Hall–Kier alpha value is -0.980. The van der Waals surface area contributed by atoms with E-state index in [4.69, 9.17) is 5.73 Å². The normalized spacial score (nSPS) is 26.5. The molecule has 0 bridgehead atoms. The lowest BCUT2D eigenvalue weighted by Gasteiger charge is -2.28. The Morgan fingerprint density at radius 3 is 2.80 bits per heavy atom. The highest BCUT2D eigenvalue weighted by atomic mass is 14.6. The number of aryl methyl sites for hydroxylation is 1. The molecule has 0 unspecified atom stereocenters. The number of hydrogen-bond acceptors (Lipinski definition) is 1. The fourth-order valence-electron chi connectivity index (χ4n) is 2.76. The first-order valence-corrected chi connectivity index (χ1v) is 6.03. The predicted octanol–water partition coefficient (Wildman–Crippen LogP) is 3.87. The Morgan fingerprint density at radius 1 is 1.27 bits per heavy atom. The van der Waals surface area contributed by atoms with E-state index in [0.717, 1.165) is 11.6 Å². The van der Waals surface area contributed by atoms with Crippen LogP contribution in [-0.2, 0) is 0 Å². The maximum atomic E-state index is 6.07. The molecule has 1 nitrogen and oxygen atoms in total. The molecule has 1 fully saturated rings. The third-order valence-corrected chi connectivity index (χ3v) is 3.62. The van der Waals surface area contributed by atoms with Crippen molar-refractivity contribution in [3.8, 4) is 0 Å². The van der Waals surface area contributed by atoms with Crippen molar-refractivity contribution in [3.05, 3.63) is 29.3 Å². The van der Waals surface area contributed by atoms with Gasteiger partial charge >= 0.3 is 0 Å². The van der Waals surface area contributed by atoms with Gasteiger partial charge < -0.3 is 5.73 Å². The predicted molar refractivity (Wildman–Crippen MR) is 66.0 cm³/mol. The molecule has 2 N–H and O–H groups in total. The van der Waals surface area contributed by atoms with Crippen LogP contribution in [0, 0.1) is 12.8 Å². The molecule has 1 aliphatic rings. The summed E-state index contributed by atoms with van der Waals surface area (Å²) in [5.74, 6) is 1.57. The Bertz CT molecular complexity index is 343. The zero-order valence-corrected chi connectivity index (χ0v) is 9.79. The first kappa shape index (κ1) is 10.5. The lowest BCUT2D eigenvalue weighted by Crippen LogP contribution is -2.13.